The summed E-state index contributed by atoms with van der Waals surface area (Å²) in [5.74, 6) is 1.74. The zero-order valence-corrected chi connectivity index (χ0v) is 12.6. The molecule has 3 nitrogen and oxygen atoms in total. The highest BCUT2D eigenvalue weighted by molar-refractivity contribution is 5.66. The van der Waals surface area contributed by atoms with Crippen LogP contribution in [0.3, 0.4) is 0 Å². The van der Waals surface area contributed by atoms with Crippen LogP contribution in [0.2, 0.25) is 0 Å². The van der Waals surface area contributed by atoms with Crippen molar-refractivity contribution in [3.63, 3.8) is 0 Å². The summed E-state index contributed by atoms with van der Waals surface area (Å²) in [5.41, 5.74) is 9.57. The summed E-state index contributed by atoms with van der Waals surface area (Å²) < 4.78 is 0. The first-order valence-corrected chi connectivity index (χ1v) is 7.74. The van der Waals surface area contributed by atoms with Crippen molar-refractivity contribution in [1.82, 2.24) is 4.98 Å². The van der Waals surface area contributed by atoms with E-state index in [-0.39, 0.29) is 0 Å². The second-order valence-corrected chi connectivity index (χ2v) is 5.99. The smallest absolute Gasteiger partial charge is 0.152 e. The van der Waals surface area contributed by atoms with Crippen LogP contribution in [0.5, 0.6) is 0 Å². The molecule has 0 saturated carbocycles. The average molecular weight is 281 g/mol. The molecule has 0 bridgehead atoms. The van der Waals surface area contributed by atoms with E-state index >= 15 is 0 Å². The number of aryl methyl sites for hydroxylation is 1. The number of aromatic nitrogens is 1. The van der Waals surface area contributed by atoms with Crippen LogP contribution in [0.4, 0.5) is 11.5 Å². The van der Waals surface area contributed by atoms with Gasteiger partial charge < -0.3 is 10.6 Å². The summed E-state index contributed by atoms with van der Waals surface area (Å²) in [6.45, 7) is 4.15. The van der Waals surface area contributed by atoms with Crippen molar-refractivity contribution < 1.29 is 0 Å². The summed E-state index contributed by atoms with van der Waals surface area (Å²) in [7, 11) is 0. The summed E-state index contributed by atoms with van der Waals surface area (Å²) >= 11 is 0. The lowest BCUT2D eigenvalue weighted by Gasteiger charge is -2.33. The lowest BCUT2D eigenvalue weighted by atomic mass is 9.90. The fourth-order valence-corrected chi connectivity index (χ4v) is 3.10. The van der Waals surface area contributed by atoms with E-state index in [0.29, 0.717) is 0 Å². The minimum atomic E-state index is 0.773. The van der Waals surface area contributed by atoms with Gasteiger partial charge in [0.2, 0.25) is 0 Å². The molecule has 3 heteroatoms. The number of anilines is 2. The summed E-state index contributed by atoms with van der Waals surface area (Å²) in [6, 6.07) is 12.8. The molecule has 1 aliphatic rings. The molecule has 2 aromatic rings. The molecule has 3 rings (SSSR count). The first-order valence-electron chi connectivity index (χ1n) is 7.74. The van der Waals surface area contributed by atoms with Crippen LogP contribution in [-0.2, 0) is 6.42 Å². The highest BCUT2D eigenvalue weighted by atomic mass is 15.2. The van der Waals surface area contributed by atoms with E-state index in [0.717, 1.165) is 36.1 Å². The van der Waals surface area contributed by atoms with Crippen molar-refractivity contribution in [2.24, 2.45) is 5.92 Å². The van der Waals surface area contributed by atoms with Crippen LogP contribution >= 0.6 is 0 Å². The van der Waals surface area contributed by atoms with Gasteiger partial charge in [-0.3, -0.25) is 0 Å². The molecule has 0 atom stereocenters. The molecule has 2 heterocycles. The minimum absolute atomic E-state index is 0.773. The molecule has 1 saturated heterocycles. The second-order valence-electron chi connectivity index (χ2n) is 5.99. The van der Waals surface area contributed by atoms with Crippen molar-refractivity contribution in [2.45, 2.75) is 26.2 Å². The van der Waals surface area contributed by atoms with Crippen LogP contribution in [0.1, 0.15) is 24.0 Å². The zero-order chi connectivity index (χ0) is 14.7. The number of benzene rings is 1. The number of nitrogens with zero attached hydrogens (tertiary/aromatic N) is 2. The number of nitrogens with two attached hydrogens (primary N) is 1. The predicted octanol–water partition coefficient (Wildman–Crippen LogP) is 3.43. The van der Waals surface area contributed by atoms with Crippen LogP contribution in [0.15, 0.2) is 42.6 Å². The number of hydrogen-bond donors (Lipinski definition) is 1. The fraction of sp³-hybridized carbons (Fsp3) is 0.389. The Morgan fingerprint density at radius 1 is 1.14 bits per heavy atom. The first kappa shape index (κ1) is 13.9. The fourth-order valence-electron chi connectivity index (χ4n) is 3.10. The van der Waals surface area contributed by atoms with E-state index in [2.05, 4.69) is 40.2 Å². The molecule has 1 fully saturated rings. The summed E-state index contributed by atoms with van der Waals surface area (Å²) in [4.78, 5) is 6.81. The lowest BCUT2D eigenvalue weighted by Crippen LogP contribution is -2.35. The third-order valence-electron chi connectivity index (χ3n) is 4.47. The maximum atomic E-state index is 6.17. The molecule has 0 unspecified atom stereocenters. The van der Waals surface area contributed by atoms with Gasteiger partial charge in [-0.15, -0.1) is 0 Å². The van der Waals surface area contributed by atoms with Crippen LogP contribution < -0.4 is 10.6 Å². The van der Waals surface area contributed by atoms with Gasteiger partial charge in [0.05, 0.1) is 5.69 Å². The van der Waals surface area contributed by atoms with E-state index in [4.69, 9.17) is 5.73 Å². The zero-order valence-electron chi connectivity index (χ0n) is 12.6. The Morgan fingerprint density at radius 3 is 2.57 bits per heavy atom. The average Bonchev–Trinajstić information content (AvgIpc) is 2.52. The van der Waals surface area contributed by atoms with Crippen LogP contribution in [0, 0.1) is 12.8 Å². The number of pyridine rings is 1. The third-order valence-corrected chi connectivity index (χ3v) is 4.47. The Bertz CT molecular complexity index is 587. The van der Waals surface area contributed by atoms with Gasteiger partial charge in [0, 0.05) is 19.3 Å². The van der Waals surface area contributed by atoms with Gasteiger partial charge in [-0.05, 0) is 49.3 Å². The SMILES string of the molecule is Cc1ccnc(N2CCC(Cc3ccccc3)CC2)c1N. The number of nitrogen functional groups attached to an aromatic ring is 1. The standard InChI is InChI=1S/C18H23N3/c1-14-7-10-20-18(17(14)19)21-11-8-16(9-12-21)13-15-5-3-2-4-6-15/h2-7,10,16H,8-9,11-13,19H2,1H3. The molecule has 0 amide bonds. The predicted molar refractivity (Wildman–Crippen MR) is 88.5 cm³/mol. The van der Waals surface area contributed by atoms with E-state index < -0.39 is 0 Å². The van der Waals surface area contributed by atoms with Crippen molar-refractivity contribution >= 4 is 11.5 Å². The van der Waals surface area contributed by atoms with Crippen molar-refractivity contribution in [2.75, 3.05) is 23.7 Å². The first-order chi connectivity index (χ1) is 10.2. The van der Waals surface area contributed by atoms with Crippen molar-refractivity contribution in [3.8, 4) is 0 Å². The molecule has 1 aromatic heterocycles. The van der Waals surface area contributed by atoms with Gasteiger partial charge in [-0.1, -0.05) is 30.3 Å². The largest absolute Gasteiger partial charge is 0.396 e. The van der Waals surface area contributed by atoms with Gasteiger partial charge >= 0.3 is 0 Å². The molecule has 0 radical (unpaired) electrons. The monoisotopic (exact) mass is 281 g/mol. The quantitative estimate of drug-likeness (QED) is 0.937. The highest BCUT2D eigenvalue weighted by Crippen LogP contribution is 2.29. The van der Waals surface area contributed by atoms with Crippen LogP contribution in [0.25, 0.3) is 0 Å². The molecule has 1 aliphatic heterocycles. The minimum Gasteiger partial charge on any atom is -0.396 e. The molecule has 0 spiro atoms. The molecular weight excluding hydrogens is 258 g/mol. The van der Waals surface area contributed by atoms with E-state index in [1.165, 1.54) is 24.8 Å². The number of hydrogen-bond acceptors (Lipinski definition) is 3. The van der Waals surface area contributed by atoms with Crippen LogP contribution in [-0.4, -0.2) is 18.1 Å². The topological polar surface area (TPSA) is 42.2 Å². The normalized spacial score (nSPS) is 16.1. The highest BCUT2D eigenvalue weighted by Gasteiger charge is 2.21. The van der Waals surface area contributed by atoms with E-state index in [1.54, 1.807) is 0 Å². The van der Waals surface area contributed by atoms with Gasteiger partial charge in [0.1, 0.15) is 0 Å². The van der Waals surface area contributed by atoms with Crippen molar-refractivity contribution in [1.29, 1.82) is 0 Å². The Hall–Kier alpha value is -2.03. The van der Waals surface area contributed by atoms with Gasteiger partial charge in [0.15, 0.2) is 5.82 Å². The Kier molecular flexibility index (Phi) is 4.09. The molecule has 1 aromatic carbocycles. The lowest BCUT2D eigenvalue weighted by molar-refractivity contribution is 0.402. The molecule has 21 heavy (non-hydrogen) atoms. The Balaban J connectivity index is 1.61. The summed E-state index contributed by atoms with van der Waals surface area (Å²) in [6.07, 6.45) is 5.47. The molecule has 0 aliphatic carbocycles. The molecule has 110 valence electrons. The second kappa shape index (κ2) is 6.17. The molecular formula is C18H23N3. The van der Waals surface area contributed by atoms with Gasteiger partial charge in [0.25, 0.3) is 0 Å². The Morgan fingerprint density at radius 2 is 1.86 bits per heavy atom. The van der Waals surface area contributed by atoms with Crippen molar-refractivity contribution in [3.05, 3.63) is 53.7 Å². The third kappa shape index (κ3) is 3.18. The maximum absolute atomic E-state index is 6.17. The summed E-state index contributed by atoms with van der Waals surface area (Å²) in [5, 5.41) is 0. The molecule has 2 N–H and O–H groups in total. The van der Waals surface area contributed by atoms with E-state index in [9.17, 15) is 0 Å². The number of rotatable bonds is 3. The van der Waals surface area contributed by atoms with Gasteiger partial charge in [-0.25, -0.2) is 4.98 Å². The number of piperidine rings is 1. The Labute approximate surface area is 126 Å². The van der Waals surface area contributed by atoms with E-state index in [1.807, 2.05) is 19.2 Å². The maximum Gasteiger partial charge on any atom is 0.152 e. The van der Waals surface area contributed by atoms with Gasteiger partial charge in [-0.2, -0.15) is 0 Å².